The molecule has 0 aromatic heterocycles. The second-order valence-corrected chi connectivity index (χ2v) is 2.66. The molecule has 0 heterocycles. The van der Waals surface area contributed by atoms with Crippen molar-refractivity contribution in [3.63, 3.8) is 0 Å². The summed E-state index contributed by atoms with van der Waals surface area (Å²) in [5, 5.41) is 5.60. The van der Waals surface area contributed by atoms with E-state index in [4.69, 9.17) is 0 Å². The van der Waals surface area contributed by atoms with Crippen molar-refractivity contribution in [2.45, 2.75) is 19.3 Å². The van der Waals surface area contributed by atoms with Gasteiger partial charge in [0.25, 0.3) is 0 Å². The molecule has 70 valence electrons. The van der Waals surface area contributed by atoms with Gasteiger partial charge in [-0.2, -0.15) is 0 Å². The van der Waals surface area contributed by atoms with Gasteiger partial charge in [-0.15, -0.1) is 6.58 Å². The molecule has 0 aliphatic carbocycles. The summed E-state index contributed by atoms with van der Waals surface area (Å²) < 4.78 is 0. The largest absolute Gasteiger partial charge is 0.355 e. The summed E-state index contributed by atoms with van der Waals surface area (Å²) in [6.45, 7) is 4.80. The van der Waals surface area contributed by atoms with Crippen molar-refractivity contribution < 1.29 is 4.79 Å². The zero-order valence-corrected chi connectivity index (χ0v) is 7.73. The quantitative estimate of drug-likeness (QED) is 0.436. The predicted octanol–water partition coefficient (Wildman–Crippen LogP) is 0.678. The van der Waals surface area contributed by atoms with E-state index in [1.54, 1.807) is 7.05 Å². The van der Waals surface area contributed by atoms with E-state index in [-0.39, 0.29) is 5.91 Å². The smallest absolute Gasteiger partial charge is 0.233 e. The molecule has 0 saturated heterocycles. The van der Waals surface area contributed by atoms with E-state index in [1.807, 2.05) is 6.08 Å². The standard InChI is InChI=1S/C9H18N2O/c1-3-4-5-6-7-11-9(12)8-10-2/h3,10H,1,4-8H2,2H3,(H,11,12). The van der Waals surface area contributed by atoms with Crippen LogP contribution in [0.15, 0.2) is 12.7 Å². The lowest BCUT2D eigenvalue weighted by Gasteiger charge is -2.02. The maximum absolute atomic E-state index is 10.9. The predicted molar refractivity (Wildman–Crippen MR) is 51.0 cm³/mol. The van der Waals surface area contributed by atoms with Gasteiger partial charge in [0.15, 0.2) is 0 Å². The molecule has 2 N–H and O–H groups in total. The number of unbranched alkanes of at least 4 members (excludes halogenated alkanes) is 2. The van der Waals surface area contributed by atoms with Crippen LogP contribution in [0.3, 0.4) is 0 Å². The van der Waals surface area contributed by atoms with Crippen molar-refractivity contribution in [3.8, 4) is 0 Å². The van der Waals surface area contributed by atoms with E-state index in [0.29, 0.717) is 6.54 Å². The van der Waals surface area contributed by atoms with E-state index in [0.717, 1.165) is 25.8 Å². The minimum Gasteiger partial charge on any atom is -0.355 e. The molecule has 3 heteroatoms. The highest BCUT2D eigenvalue weighted by Crippen LogP contribution is 1.93. The van der Waals surface area contributed by atoms with Gasteiger partial charge in [-0.1, -0.05) is 6.08 Å². The molecule has 0 bridgehead atoms. The maximum atomic E-state index is 10.9. The normalized spacial score (nSPS) is 9.42. The van der Waals surface area contributed by atoms with Crippen molar-refractivity contribution in [2.75, 3.05) is 20.1 Å². The minimum absolute atomic E-state index is 0.0658. The Kier molecular flexibility index (Phi) is 7.70. The molecule has 0 aliphatic rings. The molecule has 3 nitrogen and oxygen atoms in total. The van der Waals surface area contributed by atoms with Gasteiger partial charge in [0.05, 0.1) is 6.54 Å². The summed E-state index contributed by atoms with van der Waals surface area (Å²) in [5.74, 6) is 0.0658. The fraction of sp³-hybridized carbons (Fsp3) is 0.667. The topological polar surface area (TPSA) is 41.1 Å². The first kappa shape index (κ1) is 11.2. The first-order chi connectivity index (χ1) is 5.81. The van der Waals surface area contributed by atoms with Crippen LogP contribution in [0.1, 0.15) is 19.3 Å². The minimum atomic E-state index is 0.0658. The van der Waals surface area contributed by atoms with Gasteiger partial charge < -0.3 is 10.6 Å². The Morgan fingerprint density at radius 1 is 1.50 bits per heavy atom. The Morgan fingerprint density at radius 3 is 2.83 bits per heavy atom. The van der Waals surface area contributed by atoms with Crippen LogP contribution in [-0.4, -0.2) is 26.0 Å². The molecule has 0 rings (SSSR count). The molecule has 0 unspecified atom stereocenters. The molecule has 0 fully saturated rings. The van der Waals surface area contributed by atoms with Gasteiger partial charge in [-0.05, 0) is 26.3 Å². The molecule has 0 aromatic carbocycles. The summed E-state index contributed by atoms with van der Waals surface area (Å²) in [7, 11) is 1.76. The molecule has 1 amide bonds. The number of allylic oxidation sites excluding steroid dienone is 1. The number of hydrogen-bond acceptors (Lipinski definition) is 2. The number of carbonyl (C=O) groups is 1. The fourth-order valence-corrected chi connectivity index (χ4v) is 0.865. The molecule has 0 aliphatic heterocycles. The zero-order valence-electron chi connectivity index (χ0n) is 7.73. The number of amides is 1. The molecule has 0 radical (unpaired) electrons. The zero-order chi connectivity index (χ0) is 9.23. The highest BCUT2D eigenvalue weighted by Gasteiger charge is 1.95. The third kappa shape index (κ3) is 7.28. The van der Waals surface area contributed by atoms with E-state index in [1.165, 1.54) is 0 Å². The lowest BCUT2D eigenvalue weighted by atomic mass is 10.2. The van der Waals surface area contributed by atoms with Gasteiger partial charge in [0.2, 0.25) is 5.91 Å². The molecular weight excluding hydrogens is 152 g/mol. The van der Waals surface area contributed by atoms with Crippen molar-refractivity contribution >= 4 is 5.91 Å². The van der Waals surface area contributed by atoms with Gasteiger partial charge in [0.1, 0.15) is 0 Å². The van der Waals surface area contributed by atoms with E-state index in [2.05, 4.69) is 17.2 Å². The summed E-state index contributed by atoms with van der Waals surface area (Å²) in [5.41, 5.74) is 0. The lowest BCUT2D eigenvalue weighted by molar-refractivity contribution is -0.120. The van der Waals surface area contributed by atoms with Crippen LogP contribution in [0.5, 0.6) is 0 Å². The van der Waals surface area contributed by atoms with Crippen LogP contribution in [0.25, 0.3) is 0 Å². The second-order valence-electron chi connectivity index (χ2n) is 2.66. The van der Waals surface area contributed by atoms with Gasteiger partial charge in [-0.25, -0.2) is 0 Å². The fourth-order valence-electron chi connectivity index (χ4n) is 0.865. The van der Waals surface area contributed by atoms with Crippen molar-refractivity contribution in [2.24, 2.45) is 0 Å². The Hall–Kier alpha value is -0.830. The van der Waals surface area contributed by atoms with Gasteiger partial charge in [-0.3, -0.25) is 4.79 Å². The highest BCUT2D eigenvalue weighted by molar-refractivity contribution is 5.77. The van der Waals surface area contributed by atoms with Crippen molar-refractivity contribution in [1.29, 1.82) is 0 Å². The SMILES string of the molecule is C=CCCCCNC(=O)CNC. The Labute approximate surface area is 74.2 Å². The molecule has 0 atom stereocenters. The van der Waals surface area contributed by atoms with E-state index < -0.39 is 0 Å². The third-order valence-corrected chi connectivity index (χ3v) is 1.49. The highest BCUT2D eigenvalue weighted by atomic mass is 16.1. The van der Waals surface area contributed by atoms with Crippen LogP contribution in [0.4, 0.5) is 0 Å². The number of hydrogen-bond donors (Lipinski definition) is 2. The van der Waals surface area contributed by atoms with Crippen LogP contribution in [0, 0.1) is 0 Å². The number of nitrogens with one attached hydrogen (secondary N) is 2. The first-order valence-electron chi connectivity index (χ1n) is 4.33. The molecule has 0 saturated carbocycles. The van der Waals surface area contributed by atoms with Crippen LogP contribution in [-0.2, 0) is 4.79 Å². The average Bonchev–Trinajstić information content (AvgIpc) is 2.05. The molecule has 0 aromatic rings. The van der Waals surface area contributed by atoms with Crippen LogP contribution < -0.4 is 10.6 Å². The summed E-state index contributed by atoms with van der Waals surface area (Å²) >= 11 is 0. The summed E-state index contributed by atoms with van der Waals surface area (Å²) in [6.07, 6.45) is 5.06. The summed E-state index contributed by atoms with van der Waals surface area (Å²) in [6, 6.07) is 0. The van der Waals surface area contributed by atoms with E-state index in [9.17, 15) is 4.79 Å². The lowest BCUT2D eigenvalue weighted by Crippen LogP contribution is -2.32. The molecular formula is C9H18N2O. The Morgan fingerprint density at radius 2 is 2.25 bits per heavy atom. The maximum Gasteiger partial charge on any atom is 0.233 e. The van der Waals surface area contributed by atoms with Crippen molar-refractivity contribution in [1.82, 2.24) is 10.6 Å². The Bertz CT molecular complexity index is 134. The Balaban J connectivity index is 3.08. The molecule has 0 spiro atoms. The summed E-state index contributed by atoms with van der Waals surface area (Å²) in [4.78, 5) is 10.9. The van der Waals surface area contributed by atoms with Crippen LogP contribution in [0.2, 0.25) is 0 Å². The molecule has 12 heavy (non-hydrogen) atoms. The average molecular weight is 170 g/mol. The second kappa shape index (κ2) is 8.27. The number of rotatable bonds is 7. The van der Waals surface area contributed by atoms with E-state index >= 15 is 0 Å². The number of carbonyl (C=O) groups excluding carboxylic acids is 1. The van der Waals surface area contributed by atoms with Crippen LogP contribution >= 0.6 is 0 Å². The number of likely N-dealkylation sites (N-methyl/N-ethyl adjacent to an activating group) is 1. The monoisotopic (exact) mass is 170 g/mol. The van der Waals surface area contributed by atoms with Crippen molar-refractivity contribution in [3.05, 3.63) is 12.7 Å². The third-order valence-electron chi connectivity index (χ3n) is 1.49. The first-order valence-corrected chi connectivity index (χ1v) is 4.33. The van der Waals surface area contributed by atoms with Gasteiger partial charge >= 0.3 is 0 Å². The van der Waals surface area contributed by atoms with Gasteiger partial charge in [0, 0.05) is 6.54 Å².